The molecule has 0 radical (unpaired) electrons. The number of pyridine rings is 1. The summed E-state index contributed by atoms with van der Waals surface area (Å²) in [6.45, 7) is 0.000824. The summed E-state index contributed by atoms with van der Waals surface area (Å²) in [5, 5.41) is 18.4. The predicted molar refractivity (Wildman–Crippen MR) is 172 cm³/mol. The molecule has 0 spiro atoms. The van der Waals surface area contributed by atoms with E-state index in [1.165, 1.54) is 54.7 Å². The van der Waals surface area contributed by atoms with Crippen molar-refractivity contribution in [2.24, 2.45) is 10.2 Å². The van der Waals surface area contributed by atoms with Crippen molar-refractivity contribution in [2.75, 3.05) is 16.2 Å². The molecule has 0 atom stereocenters. The fourth-order valence-corrected chi connectivity index (χ4v) is 5.76. The minimum absolute atomic E-state index is 0.000824. The van der Waals surface area contributed by atoms with Gasteiger partial charge >= 0.3 is 5.97 Å². The van der Waals surface area contributed by atoms with E-state index in [1.807, 2.05) is 0 Å². The number of azo groups is 1. The zero-order chi connectivity index (χ0) is 33.0. The van der Waals surface area contributed by atoms with Gasteiger partial charge in [-0.2, -0.15) is 10.2 Å². The zero-order valence-corrected chi connectivity index (χ0v) is 25.3. The Bertz CT molecular complexity index is 2080. The van der Waals surface area contributed by atoms with Gasteiger partial charge in [-0.1, -0.05) is 30.3 Å². The van der Waals surface area contributed by atoms with Crippen LogP contribution >= 0.6 is 0 Å². The maximum Gasteiger partial charge on any atom is 0.342 e. The van der Waals surface area contributed by atoms with E-state index in [2.05, 4.69) is 19.9 Å². The van der Waals surface area contributed by atoms with Gasteiger partial charge in [0.15, 0.2) is 0 Å². The molecule has 12 nitrogen and oxygen atoms in total. The van der Waals surface area contributed by atoms with E-state index >= 15 is 0 Å². The summed E-state index contributed by atoms with van der Waals surface area (Å²) in [5.41, 5.74) is 2.46. The molecule has 2 N–H and O–H groups in total. The van der Waals surface area contributed by atoms with E-state index in [0.717, 1.165) is 10.5 Å². The summed E-state index contributed by atoms with van der Waals surface area (Å²) in [5.74, 6) is -1.64. The lowest BCUT2D eigenvalue weighted by atomic mass is 10.1. The van der Waals surface area contributed by atoms with Crippen molar-refractivity contribution < 1.29 is 32.6 Å². The van der Waals surface area contributed by atoms with Crippen LogP contribution in [0.25, 0.3) is 0 Å². The van der Waals surface area contributed by atoms with Crippen molar-refractivity contribution in [2.45, 2.75) is 11.3 Å². The number of aromatic nitrogens is 1. The van der Waals surface area contributed by atoms with Gasteiger partial charge in [0, 0.05) is 12.6 Å². The average Bonchev–Trinajstić information content (AvgIpc) is 3.34. The Morgan fingerprint density at radius 1 is 0.809 bits per heavy atom. The molecule has 234 valence electrons. The van der Waals surface area contributed by atoms with Gasteiger partial charge in [0.1, 0.15) is 17.1 Å². The maximum absolute atomic E-state index is 12.7. The summed E-state index contributed by atoms with van der Waals surface area (Å²) in [6.07, 6.45) is 1.82. The Morgan fingerprint density at radius 2 is 1.45 bits per heavy atom. The van der Waals surface area contributed by atoms with Crippen LogP contribution in [0.4, 0.5) is 22.9 Å². The molecule has 47 heavy (non-hydrogen) atoms. The number of ether oxygens (including phenoxy) is 1. The number of aromatic hydroxyl groups is 1. The van der Waals surface area contributed by atoms with Gasteiger partial charge in [0.05, 0.1) is 39.7 Å². The van der Waals surface area contributed by atoms with E-state index in [-0.39, 0.29) is 46.1 Å². The highest BCUT2D eigenvalue weighted by Crippen LogP contribution is 2.29. The number of imide groups is 1. The summed E-state index contributed by atoms with van der Waals surface area (Å²) < 4.78 is 33.0. The van der Waals surface area contributed by atoms with Crippen LogP contribution in [0.2, 0.25) is 0 Å². The van der Waals surface area contributed by atoms with Gasteiger partial charge in [-0.25, -0.2) is 23.1 Å². The highest BCUT2D eigenvalue weighted by atomic mass is 32.2. The number of fused-ring (bicyclic) bond motifs is 1. The molecule has 0 unspecified atom stereocenters. The Morgan fingerprint density at radius 3 is 2.11 bits per heavy atom. The first-order chi connectivity index (χ1) is 22.7. The fourth-order valence-electron chi connectivity index (χ4n) is 4.75. The van der Waals surface area contributed by atoms with Crippen molar-refractivity contribution in [1.29, 1.82) is 0 Å². The number of benzene rings is 4. The summed E-state index contributed by atoms with van der Waals surface area (Å²) in [4.78, 5) is 43.3. The second-order valence-electron chi connectivity index (χ2n) is 10.3. The van der Waals surface area contributed by atoms with Gasteiger partial charge < -0.3 is 9.84 Å². The number of phenols is 1. The van der Waals surface area contributed by atoms with Crippen LogP contribution in [0.1, 0.15) is 36.6 Å². The third-order valence-corrected chi connectivity index (χ3v) is 8.51. The number of sulfonamides is 1. The van der Waals surface area contributed by atoms with Crippen molar-refractivity contribution in [3.8, 4) is 5.75 Å². The topological polar surface area (TPSA) is 168 Å². The molecule has 0 saturated carbocycles. The number of nitrogens with zero attached hydrogens (tertiary/aromatic N) is 4. The molecule has 0 aliphatic carbocycles. The highest BCUT2D eigenvalue weighted by molar-refractivity contribution is 7.92. The van der Waals surface area contributed by atoms with Crippen LogP contribution < -0.4 is 9.62 Å². The normalized spacial score (nSPS) is 12.7. The summed E-state index contributed by atoms with van der Waals surface area (Å²) in [6, 6.07) is 28.1. The van der Waals surface area contributed by atoms with Gasteiger partial charge in [-0.15, -0.1) is 0 Å². The Labute approximate surface area is 269 Å². The smallest absolute Gasteiger partial charge is 0.342 e. The fraction of sp³-hybridized carbons (Fsp3) is 0.0588. The van der Waals surface area contributed by atoms with Gasteiger partial charge in [0.2, 0.25) is 0 Å². The molecule has 0 fully saturated rings. The largest absolute Gasteiger partial charge is 0.507 e. The van der Waals surface area contributed by atoms with Crippen LogP contribution in [0.3, 0.4) is 0 Å². The van der Waals surface area contributed by atoms with Crippen molar-refractivity contribution >= 4 is 50.7 Å². The number of carbonyl (C=O) groups is 3. The van der Waals surface area contributed by atoms with Crippen LogP contribution in [0.15, 0.2) is 131 Å². The summed E-state index contributed by atoms with van der Waals surface area (Å²) >= 11 is 0. The third-order valence-electron chi connectivity index (χ3n) is 7.14. The number of amides is 2. The van der Waals surface area contributed by atoms with Crippen LogP contribution in [0.5, 0.6) is 5.75 Å². The number of phenolic OH excluding ortho intramolecular Hbond substituents is 1. The monoisotopic (exact) mass is 647 g/mol. The molecule has 1 aliphatic heterocycles. The summed E-state index contributed by atoms with van der Waals surface area (Å²) in [7, 11) is -3.85. The first-order valence-corrected chi connectivity index (χ1v) is 15.7. The second kappa shape index (κ2) is 13.0. The van der Waals surface area contributed by atoms with Crippen molar-refractivity contribution in [3.05, 3.63) is 138 Å². The molecule has 2 amide bonds. The highest BCUT2D eigenvalue weighted by Gasteiger charge is 2.36. The quantitative estimate of drug-likeness (QED) is 0.103. The van der Waals surface area contributed by atoms with Crippen molar-refractivity contribution in [1.82, 2.24) is 4.98 Å². The number of hydrogen-bond acceptors (Lipinski definition) is 10. The standard InChI is InChI=1S/C34H25N5O7S/c40-30-17-12-24(37-36-23-10-15-26(16-11-23)47(44,45)38-31-7-3-4-19-35-31)21-29(30)34(43)46-20-18-22-8-13-25(14-9-22)39-32(41)27-5-1-2-6-28(27)33(39)42/h1-17,19,21,40H,18,20H2,(H,35,38)/b37-36+. The Kier molecular flexibility index (Phi) is 8.54. The van der Waals surface area contributed by atoms with Gasteiger partial charge in [-0.05, 0) is 84.4 Å². The minimum atomic E-state index is -3.85. The first kappa shape index (κ1) is 30.8. The second-order valence-corrected chi connectivity index (χ2v) is 11.9. The predicted octanol–water partition coefficient (Wildman–Crippen LogP) is 6.20. The third kappa shape index (κ3) is 6.74. The molecule has 0 bridgehead atoms. The zero-order valence-electron chi connectivity index (χ0n) is 24.5. The van der Waals surface area contributed by atoms with E-state index in [9.17, 15) is 27.9 Å². The number of hydrogen-bond donors (Lipinski definition) is 2. The number of esters is 1. The van der Waals surface area contributed by atoms with Gasteiger partial charge in [0.25, 0.3) is 21.8 Å². The number of nitrogens with one attached hydrogen (secondary N) is 1. The number of anilines is 2. The molecule has 1 aromatic heterocycles. The molecule has 4 aromatic carbocycles. The minimum Gasteiger partial charge on any atom is -0.507 e. The molecule has 5 aromatic rings. The lowest BCUT2D eigenvalue weighted by Crippen LogP contribution is -2.29. The lowest BCUT2D eigenvalue weighted by Gasteiger charge is -2.14. The molecule has 1 aliphatic rings. The molecule has 6 rings (SSSR count). The van der Waals surface area contributed by atoms with E-state index < -0.39 is 16.0 Å². The van der Waals surface area contributed by atoms with E-state index in [1.54, 1.807) is 60.7 Å². The molecule has 13 heteroatoms. The molecular weight excluding hydrogens is 622 g/mol. The van der Waals surface area contributed by atoms with Crippen LogP contribution in [0, 0.1) is 0 Å². The SMILES string of the molecule is O=C(OCCc1ccc(N2C(=O)c3ccccc3C2=O)cc1)c1cc(/N=N/c2ccc(S(=O)(=O)Nc3ccccn3)cc2)ccc1O. The average molecular weight is 648 g/mol. The number of carbonyl (C=O) groups excluding carboxylic acids is 3. The lowest BCUT2D eigenvalue weighted by molar-refractivity contribution is 0.0505. The van der Waals surface area contributed by atoms with Crippen molar-refractivity contribution in [3.63, 3.8) is 0 Å². The molecule has 0 saturated heterocycles. The first-order valence-electron chi connectivity index (χ1n) is 14.2. The Hall–Kier alpha value is -6.21. The molecule has 2 heterocycles. The molecular formula is C34H25N5O7S. The van der Waals surface area contributed by atoms with Crippen LogP contribution in [-0.4, -0.2) is 42.9 Å². The van der Waals surface area contributed by atoms with E-state index in [0.29, 0.717) is 28.9 Å². The Balaban J connectivity index is 1.04. The maximum atomic E-state index is 12.7. The van der Waals surface area contributed by atoms with Crippen LogP contribution in [-0.2, 0) is 21.2 Å². The van der Waals surface area contributed by atoms with Gasteiger partial charge in [-0.3, -0.25) is 14.3 Å². The number of rotatable bonds is 10. The van der Waals surface area contributed by atoms with E-state index in [4.69, 9.17) is 4.74 Å².